The fraction of sp³-hybridized carbons (Fsp3) is 0.267. The summed E-state index contributed by atoms with van der Waals surface area (Å²) < 4.78 is 0. The molecule has 104 valence electrons. The maximum absolute atomic E-state index is 11.6. The van der Waals surface area contributed by atoms with Gasteiger partial charge in [-0.2, -0.15) is 10.5 Å². The molecule has 0 unspecified atom stereocenters. The molecule has 6 nitrogen and oxygen atoms in total. The first-order valence-electron chi connectivity index (χ1n) is 6.54. The van der Waals surface area contributed by atoms with Crippen LogP contribution in [0.3, 0.4) is 0 Å². The van der Waals surface area contributed by atoms with E-state index in [1.807, 2.05) is 6.07 Å². The lowest BCUT2D eigenvalue weighted by Crippen LogP contribution is -2.37. The van der Waals surface area contributed by atoms with Crippen LogP contribution < -0.4 is 0 Å². The first-order chi connectivity index (χ1) is 10.2. The number of carbonyl (C=O) groups excluding carboxylic acids is 1. The van der Waals surface area contributed by atoms with Gasteiger partial charge >= 0.3 is 0 Å². The number of carbonyl (C=O) groups is 1. The van der Waals surface area contributed by atoms with E-state index in [0.29, 0.717) is 36.2 Å². The topological polar surface area (TPSA) is 104 Å². The normalized spacial score (nSPS) is 13.6. The third-order valence-corrected chi connectivity index (χ3v) is 3.87. The largest absolute Gasteiger partial charge is 0.387 e. The van der Waals surface area contributed by atoms with Gasteiger partial charge in [0, 0.05) is 36.2 Å². The van der Waals surface area contributed by atoms with Crippen molar-refractivity contribution in [2.45, 2.75) is 13.0 Å². The van der Waals surface area contributed by atoms with E-state index in [0.717, 1.165) is 16.6 Å². The van der Waals surface area contributed by atoms with Crippen molar-refractivity contribution in [3.63, 3.8) is 0 Å². The average molecular weight is 280 g/mol. The molecule has 3 rings (SSSR count). The SMILES string of the molecule is N#Cc1ccc2c3c([nH]c2c1C#N)CCN(C(=O)CO)C3. The molecule has 2 N–H and O–H groups in total. The highest BCUT2D eigenvalue weighted by Crippen LogP contribution is 2.30. The van der Waals surface area contributed by atoms with E-state index in [4.69, 9.17) is 10.4 Å². The average Bonchev–Trinajstić information content (AvgIpc) is 2.90. The molecule has 1 aliphatic rings. The Kier molecular flexibility index (Phi) is 3.09. The minimum Gasteiger partial charge on any atom is -0.387 e. The van der Waals surface area contributed by atoms with Gasteiger partial charge in [0.1, 0.15) is 18.7 Å². The molecule has 0 aliphatic carbocycles. The summed E-state index contributed by atoms with van der Waals surface area (Å²) in [7, 11) is 0. The highest BCUT2D eigenvalue weighted by molar-refractivity contribution is 5.91. The second-order valence-electron chi connectivity index (χ2n) is 4.94. The second-order valence-corrected chi connectivity index (χ2v) is 4.94. The molecule has 1 aromatic carbocycles. The van der Waals surface area contributed by atoms with Crippen LogP contribution in [0.2, 0.25) is 0 Å². The minimum absolute atomic E-state index is 0.302. The lowest BCUT2D eigenvalue weighted by molar-refractivity contribution is -0.135. The van der Waals surface area contributed by atoms with Crippen molar-refractivity contribution in [3.8, 4) is 12.1 Å². The maximum atomic E-state index is 11.6. The van der Waals surface area contributed by atoms with Crippen molar-refractivity contribution in [1.82, 2.24) is 9.88 Å². The Bertz CT molecular complexity index is 823. The molecule has 0 radical (unpaired) electrons. The van der Waals surface area contributed by atoms with Crippen LogP contribution in [0.15, 0.2) is 12.1 Å². The molecule has 0 bridgehead atoms. The molecule has 2 aromatic rings. The zero-order chi connectivity index (χ0) is 15.0. The van der Waals surface area contributed by atoms with Crippen molar-refractivity contribution in [2.75, 3.05) is 13.2 Å². The smallest absolute Gasteiger partial charge is 0.248 e. The Hall–Kier alpha value is -2.83. The number of nitrogens with zero attached hydrogens (tertiary/aromatic N) is 3. The summed E-state index contributed by atoms with van der Waals surface area (Å²) in [5, 5.41) is 28.2. The zero-order valence-electron chi connectivity index (χ0n) is 11.2. The first-order valence-corrected chi connectivity index (χ1v) is 6.54. The number of aliphatic hydroxyl groups is 1. The summed E-state index contributed by atoms with van der Waals surface area (Å²) in [6.45, 7) is 0.442. The minimum atomic E-state index is -0.500. The Labute approximate surface area is 120 Å². The molecule has 0 fully saturated rings. The summed E-state index contributed by atoms with van der Waals surface area (Å²) in [6.07, 6.45) is 0.641. The zero-order valence-corrected chi connectivity index (χ0v) is 11.2. The molecular weight excluding hydrogens is 268 g/mol. The van der Waals surface area contributed by atoms with Crippen LogP contribution in [0.1, 0.15) is 22.4 Å². The summed E-state index contributed by atoms with van der Waals surface area (Å²) in [5.41, 5.74) is 3.27. The van der Waals surface area contributed by atoms with Crippen molar-refractivity contribution < 1.29 is 9.90 Å². The van der Waals surface area contributed by atoms with E-state index in [-0.39, 0.29) is 5.91 Å². The van der Waals surface area contributed by atoms with E-state index in [1.54, 1.807) is 17.0 Å². The number of fused-ring (bicyclic) bond motifs is 3. The van der Waals surface area contributed by atoms with Gasteiger partial charge in [0.15, 0.2) is 0 Å². The van der Waals surface area contributed by atoms with Gasteiger partial charge < -0.3 is 15.0 Å². The van der Waals surface area contributed by atoms with Gasteiger partial charge in [0.05, 0.1) is 16.6 Å². The van der Waals surface area contributed by atoms with Crippen LogP contribution in [0.4, 0.5) is 0 Å². The number of benzene rings is 1. The maximum Gasteiger partial charge on any atom is 0.248 e. The number of H-pyrrole nitrogens is 1. The second kappa shape index (κ2) is 4.93. The molecule has 1 amide bonds. The lowest BCUT2D eigenvalue weighted by atomic mass is 10.0. The molecule has 6 heteroatoms. The van der Waals surface area contributed by atoms with E-state index in [1.165, 1.54) is 0 Å². The standard InChI is InChI=1S/C15H12N4O2/c16-5-9-1-2-10-12-7-19(14(21)8-20)4-3-13(12)18-15(10)11(9)6-17/h1-2,18,20H,3-4,7-8H2. The fourth-order valence-corrected chi connectivity index (χ4v) is 2.81. The van der Waals surface area contributed by atoms with Gasteiger partial charge in [0.2, 0.25) is 5.91 Å². The quantitative estimate of drug-likeness (QED) is 0.805. The molecule has 1 aromatic heterocycles. The number of amides is 1. The molecule has 1 aliphatic heterocycles. The van der Waals surface area contributed by atoms with Crippen LogP contribution in [0, 0.1) is 22.7 Å². The fourth-order valence-electron chi connectivity index (χ4n) is 2.81. The summed E-state index contributed by atoms with van der Waals surface area (Å²) in [4.78, 5) is 16.4. The summed E-state index contributed by atoms with van der Waals surface area (Å²) >= 11 is 0. The highest BCUT2D eigenvalue weighted by atomic mass is 16.3. The third-order valence-electron chi connectivity index (χ3n) is 3.87. The highest BCUT2D eigenvalue weighted by Gasteiger charge is 2.24. The predicted octanol–water partition coefficient (Wildman–Crippen LogP) is 0.788. The first kappa shape index (κ1) is 13.2. The molecule has 21 heavy (non-hydrogen) atoms. The Morgan fingerprint density at radius 3 is 2.86 bits per heavy atom. The lowest BCUT2D eigenvalue weighted by Gasteiger charge is -2.26. The molecular formula is C15H12N4O2. The van der Waals surface area contributed by atoms with Gasteiger partial charge in [-0.3, -0.25) is 4.79 Å². The molecule has 0 saturated carbocycles. The van der Waals surface area contributed by atoms with Crippen LogP contribution in [-0.2, 0) is 17.8 Å². The van der Waals surface area contributed by atoms with Crippen LogP contribution in [-0.4, -0.2) is 34.0 Å². The Morgan fingerprint density at radius 1 is 1.38 bits per heavy atom. The number of hydrogen-bond acceptors (Lipinski definition) is 4. The number of hydrogen-bond donors (Lipinski definition) is 2. The third kappa shape index (κ3) is 1.94. The van der Waals surface area contributed by atoms with Crippen molar-refractivity contribution in [3.05, 3.63) is 34.5 Å². The van der Waals surface area contributed by atoms with E-state index in [9.17, 15) is 10.1 Å². The number of rotatable bonds is 1. The molecule has 0 atom stereocenters. The van der Waals surface area contributed by atoms with Gasteiger partial charge in [-0.05, 0) is 6.07 Å². The Morgan fingerprint density at radius 2 is 2.19 bits per heavy atom. The van der Waals surface area contributed by atoms with Gasteiger partial charge in [-0.15, -0.1) is 0 Å². The summed E-state index contributed by atoms with van der Waals surface area (Å²) in [6, 6.07) is 7.51. The van der Waals surface area contributed by atoms with Crippen molar-refractivity contribution in [2.24, 2.45) is 0 Å². The molecule has 2 heterocycles. The number of aromatic amines is 1. The number of nitrogens with one attached hydrogen (secondary N) is 1. The van der Waals surface area contributed by atoms with E-state index in [2.05, 4.69) is 11.1 Å². The van der Waals surface area contributed by atoms with Gasteiger partial charge in [0.25, 0.3) is 0 Å². The Balaban J connectivity index is 2.15. The number of aliphatic hydroxyl groups excluding tert-OH is 1. The predicted molar refractivity (Wildman–Crippen MR) is 73.9 cm³/mol. The monoisotopic (exact) mass is 280 g/mol. The molecule has 0 saturated heterocycles. The van der Waals surface area contributed by atoms with Gasteiger partial charge in [-0.25, -0.2) is 0 Å². The van der Waals surface area contributed by atoms with Crippen molar-refractivity contribution >= 4 is 16.8 Å². The van der Waals surface area contributed by atoms with E-state index < -0.39 is 6.61 Å². The number of aromatic nitrogens is 1. The van der Waals surface area contributed by atoms with Crippen LogP contribution in [0.25, 0.3) is 10.9 Å². The van der Waals surface area contributed by atoms with Crippen molar-refractivity contribution in [1.29, 1.82) is 10.5 Å². The summed E-state index contributed by atoms with van der Waals surface area (Å²) in [5.74, 6) is -0.302. The number of nitriles is 2. The van der Waals surface area contributed by atoms with Crippen LogP contribution >= 0.6 is 0 Å². The van der Waals surface area contributed by atoms with Gasteiger partial charge in [-0.1, -0.05) is 6.07 Å². The van der Waals surface area contributed by atoms with E-state index >= 15 is 0 Å². The molecule has 0 spiro atoms. The van der Waals surface area contributed by atoms with Crippen LogP contribution in [0.5, 0.6) is 0 Å².